The first-order valence-corrected chi connectivity index (χ1v) is 6.87. The first-order valence-electron chi connectivity index (χ1n) is 6.49. The fraction of sp³-hybridized carbons (Fsp3) is 0.200. The van der Waals surface area contributed by atoms with Crippen molar-refractivity contribution in [3.05, 3.63) is 58.4 Å². The Hall–Kier alpha value is -1.82. The Morgan fingerprint density at radius 2 is 1.71 bits per heavy atom. The van der Waals surface area contributed by atoms with Crippen LogP contribution < -0.4 is 20.7 Å². The minimum atomic E-state index is -0.480. The van der Waals surface area contributed by atoms with E-state index in [1.807, 2.05) is 18.2 Å². The maximum atomic E-state index is 13.6. The molecule has 1 unspecified atom stereocenters. The number of nitrogens with two attached hydrogens (primary N) is 1. The summed E-state index contributed by atoms with van der Waals surface area (Å²) in [6.45, 7) is 1.04. The number of nitrogens with one attached hydrogen (secondary N) is 1. The van der Waals surface area contributed by atoms with Crippen molar-refractivity contribution in [2.45, 2.75) is 6.04 Å². The zero-order valence-electron chi connectivity index (χ0n) is 11.1. The molecule has 1 aliphatic heterocycles. The minimum absolute atomic E-state index is 0.0803. The van der Waals surface area contributed by atoms with Crippen molar-refractivity contribution in [2.75, 3.05) is 13.2 Å². The molecule has 0 radical (unpaired) electrons. The van der Waals surface area contributed by atoms with Crippen molar-refractivity contribution < 1.29 is 13.9 Å². The molecule has 2 aromatic carbocycles. The van der Waals surface area contributed by atoms with E-state index in [0.717, 1.165) is 5.56 Å². The van der Waals surface area contributed by atoms with Gasteiger partial charge in [0.05, 0.1) is 11.1 Å². The number of benzene rings is 2. The standard InChI is InChI=1S/C15H14ClFN2O2/c16-11-3-1-9(7-12(11)17)15(19-18)10-2-4-13-14(8-10)21-6-5-20-13/h1-4,7-8,15,19H,5-6,18H2. The molecule has 3 N–H and O–H groups in total. The Balaban J connectivity index is 1.97. The molecule has 4 nitrogen and oxygen atoms in total. The van der Waals surface area contributed by atoms with E-state index in [1.54, 1.807) is 6.07 Å². The van der Waals surface area contributed by atoms with E-state index in [9.17, 15) is 4.39 Å². The van der Waals surface area contributed by atoms with Gasteiger partial charge in [-0.05, 0) is 35.4 Å². The van der Waals surface area contributed by atoms with Gasteiger partial charge >= 0.3 is 0 Å². The first-order chi connectivity index (χ1) is 10.2. The van der Waals surface area contributed by atoms with Gasteiger partial charge in [-0.25, -0.2) is 9.82 Å². The fourth-order valence-corrected chi connectivity index (χ4v) is 2.43. The van der Waals surface area contributed by atoms with Gasteiger partial charge in [-0.15, -0.1) is 0 Å². The highest BCUT2D eigenvalue weighted by Gasteiger charge is 2.18. The van der Waals surface area contributed by atoms with Gasteiger partial charge in [0.25, 0.3) is 0 Å². The van der Waals surface area contributed by atoms with Crippen LogP contribution in [0.3, 0.4) is 0 Å². The number of rotatable bonds is 3. The molecular formula is C15H14ClFN2O2. The van der Waals surface area contributed by atoms with E-state index in [2.05, 4.69) is 5.43 Å². The molecule has 0 bridgehead atoms. The fourth-order valence-electron chi connectivity index (χ4n) is 2.32. The zero-order valence-corrected chi connectivity index (χ0v) is 11.9. The Morgan fingerprint density at radius 1 is 1.05 bits per heavy atom. The van der Waals surface area contributed by atoms with Gasteiger partial charge in [0.1, 0.15) is 19.0 Å². The molecule has 0 aromatic heterocycles. The van der Waals surface area contributed by atoms with Crippen LogP contribution in [-0.4, -0.2) is 13.2 Å². The van der Waals surface area contributed by atoms with Crippen LogP contribution in [0.15, 0.2) is 36.4 Å². The second kappa shape index (κ2) is 5.89. The Labute approximate surface area is 126 Å². The zero-order chi connectivity index (χ0) is 14.8. The van der Waals surface area contributed by atoms with Crippen LogP contribution in [0.2, 0.25) is 5.02 Å². The average Bonchev–Trinajstić information content (AvgIpc) is 2.51. The third-order valence-corrected chi connectivity index (χ3v) is 3.65. The van der Waals surface area contributed by atoms with Crippen LogP contribution in [0.4, 0.5) is 4.39 Å². The summed E-state index contributed by atoms with van der Waals surface area (Å²) >= 11 is 5.71. The number of hydrazine groups is 1. The SMILES string of the molecule is NNC(c1ccc(Cl)c(F)c1)c1ccc2c(c1)OCCO2. The molecule has 0 spiro atoms. The maximum absolute atomic E-state index is 13.6. The number of fused-ring (bicyclic) bond motifs is 1. The van der Waals surface area contributed by atoms with Crippen LogP contribution in [0.25, 0.3) is 0 Å². The van der Waals surface area contributed by atoms with Crippen LogP contribution in [0.5, 0.6) is 11.5 Å². The molecule has 3 rings (SSSR count). The summed E-state index contributed by atoms with van der Waals surface area (Å²) in [7, 11) is 0. The molecule has 0 amide bonds. The lowest BCUT2D eigenvalue weighted by molar-refractivity contribution is 0.171. The van der Waals surface area contributed by atoms with Crippen molar-refractivity contribution in [1.82, 2.24) is 5.43 Å². The monoisotopic (exact) mass is 308 g/mol. The lowest BCUT2D eigenvalue weighted by Crippen LogP contribution is -2.29. The van der Waals surface area contributed by atoms with E-state index in [1.165, 1.54) is 12.1 Å². The normalized spacial score (nSPS) is 14.8. The Morgan fingerprint density at radius 3 is 2.43 bits per heavy atom. The lowest BCUT2D eigenvalue weighted by Gasteiger charge is -2.22. The number of halogens is 2. The highest BCUT2D eigenvalue weighted by atomic mass is 35.5. The molecule has 1 heterocycles. The van der Waals surface area contributed by atoms with E-state index in [4.69, 9.17) is 26.9 Å². The van der Waals surface area contributed by atoms with Crippen molar-refractivity contribution in [2.24, 2.45) is 5.84 Å². The quantitative estimate of drug-likeness (QED) is 0.676. The number of hydrogen-bond donors (Lipinski definition) is 2. The van der Waals surface area contributed by atoms with Gasteiger partial charge in [0.2, 0.25) is 0 Å². The van der Waals surface area contributed by atoms with Gasteiger partial charge in [0.15, 0.2) is 11.5 Å². The van der Waals surface area contributed by atoms with E-state index < -0.39 is 5.82 Å². The summed E-state index contributed by atoms with van der Waals surface area (Å²) < 4.78 is 24.6. The molecule has 6 heteroatoms. The Bertz CT molecular complexity index is 666. The summed E-state index contributed by atoms with van der Waals surface area (Å²) in [4.78, 5) is 0. The van der Waals surface area contributed by atoms with Crippen LogP contribution in [0.1, 0.15) is 17.2 Å². The molecule has 1 atom stereocenters. The van der Waals surface area contributed by atoms with Gasteiger partial charge in [-0.3, -0.25) is 5.84 Å². The third kappa shape index (κ3) is 2.81. The van der Waals surface area contributed by atoms with Gasteiger partial charge in [-0.1, -0.05) is 23.7 Å². The highest BCUT2D eigenvalue weighted by Crippen LogP contribution is 2.34. The maximum Gasteiger partial charge on any atom is 0.161 e. The highest BCUT2D eigenvalue weighted by molar-refractivity contribution is 6.30. The molecule has 0 saturated heterocycles. The molecule has 1 aliphatic rings. The summed E-state index contributed by atoms with van der Waals surface area (Å²) in [6.07, 6.45) is 0. The van der Waals surface area contributed by atoms with Crippen molar-refractivity contribution in [3.8, 4) is 11.5 Å². The van der Waals surface area contributed by atoms with E-state index in [-0.39, 0.29) is 11.1 Å². The van der Waals surface area contributed by atoms with Crippen molar-refractivity contribution >= 4 is 11.6 Å². The van der Waals surface area contributed by atoms with E-state index >= 15 is 0 Å². The van der Waals surface area contributed by atoms with Gasteiger partial charge in [-0.2, -0.15) is 0 Å². The predicted molar refractivity (Wildman–Crippen MR) is 78.0 cm³/mol. The average molecular weight is 309 g/mol. The van der Waals surface area contributed by atoms with Gasteiger partial charge in [0, 0.05) is 0 Å². The van der Waals surface area contributed by atoms with Crippen molar-refractivity contribution in [1.29, 1.82) is 0 Å². The van der Waals surface area contributed by atoms with Crippen LogP contribution >= 0.6 is 11.6 Å². The lowest BCUT2D eigenvalue weighted by atomic mass is 9.98. The molecular weight excluding hydrogens is 295 g/mol. The first kappa shape index (κ1) is 14.1. The number of hydrogen-bond acceptors (Lipinski definition) is 4. The summed E-state index contributed by atoms with van der Waals surface area (Å²) in [6, 6.07) is 9.76. The molecule has 110 valence electrons. The molecule has 0 fully saturated rings. The second-order valence-corrected chi connectivity index (χ2v) is 5.08. The minimum Gasteiger partial charge on any atom is -0.486 e. The topological polar surface area (TPSA) is 56.5 Å². The Kier molecular flexibility index (Phi) is 3.96. The molecule has 21 heavy (non-hydrogen) atoms. The van der Waals surface area contributed by atoms with Gasteiger partial charge < -0.3 is 9.47 Å². The molecule has 0 saturated carbocycles. The van der Waals surface area contributed by atoms with Crippen molar-refractivity contribution in [3.63, 3.8) is 0 Å². The largest absolute Gasteiger partial charge is 0.486 e. The second-order valence-electron chi connectivity index (χ2n) is 4.68. The summed E-state index contributed by atoms with van der Waals surface area (Å²) in [5.74, 6) is 6.50. The molecule has 2 aromatic rings. The molecule has 0 aliphatic carbocycles. The van der Waals surface area contributed by atoms with Crippen LogP contribution in [0, 0.1) is 5.82 Å². The smallest absolute Gasteiger partial charge is 0.161 e. The van der Waals surface area contributed by atoms with Crippen LogP contribution in [-0.2, 0) is 0 Å². The summed E-state index contributed by atoms with van der Waals surface area (Å²) in [5, 5.41) is 0.0803. The summed E-state index contributed by atoms with van der Waals surface area (Å²) in [5.41, 5.74) is 4.21. The third-order valence-electron chi connectivity index (χ3n) is 3.34. The number of ether oxygens (including phenoxy) is 2. The van der Waals surface area contributed by atoms with E-state index in [0.29, 0.717) is 30.3 Å². The predicted octanol–water partition coefficient (Wildman–Crippen LogP) is 2.80.